The summed E-state index contributed by atoms with van der Waals surface area (Å²) < 4.78 is 0. The number of nitrogens with zero attached hydrogens (tertiary/aromatic N) is 1. The standard InChI is InChI=1S/C12H24N2/c1-11(2,3)10-9-13-7-8-14(10)12(4,5)6/h7-8,10,13H,9H2,1-6H3. The number of rotatable bonds is 0. The molecular weight excluding hydrogens is 172 g/mol. The lowest BCUT2D eigenvalue weighted by Crippen LogP contribution is -2.56. The van der Waals surface area contributed by atoms with Gasteiger partial charge in [-0.1, -0.05) is 20.8 Å². The van der Waals surface area contributed by atoms with Gasteiger partial charge in [0.15, 0.2) is 0 Å². The summed E-state index contributed by atoms with van der Waals surface area (Å²) >= 11 is 0. The maximum absolute atomic E-state index is 3.32. The van der Waals surface area contributed by atoms with E-state index in [1.807, 2.05) is 6.20 Å². The molecule has 1 rings (SSSR count). The van der Waals surface area contributed by atoms with E-state index >= 15 is 0 Å². The molecule has 0 spiro atoms. The van der Waals surface area contributed by atoms with Crippen molar-refractivity contribution in [1.29, 1.82) is 0 Å². The monoisotopic (exact) mass is 196 g/mol. The third kappa shape index (κ3) is 2.43. The van der Waals surface area contributed by atoms with E-state index in [-0.39, 0.29) is 5.54 Å². The van der Waals surface area contributed by atoms with Crippen molar-refractivity contribution in [3.05, 3.63) is 12.4 Å². The van der Waals surface area contributed by atoms with Gasteiger partial charge in [-0.15, -0.1) is 0 Å². The van der Waals surface area contributed by atoms with E-state index in [9.17, 15) is 0 Å². The molecule has 1 atom stereocenters. The zero-order valence-electron chi connectivity index (χ0n) is 10.4. The molecule has 0 radical (unpaired) electrons. The molecule has 1 aliphatic heterocycles. The molecule has 0 amide bonds. The van der Waals surface area contributed by atoms with Crippen LogP contribution < -0.4 is 5.32 Å². The van der Waals surface area contributed by atoms with Crippen molar-refractivity contribution in [3.8, 4) is 0 Å². The van der Waals surface area contributed by atoms with Gasteiger partial charge in [-0.25, -0.2) is 0 Å². The zero-order chi connectivity index (χ0) is 11.0. The molecule has 0 saturated heterocycles. The van der Waals surface area contributed by atoms with Crippen LogP contribution in [0.15, 0.2) is 12.4 Å². The Balaban J connectivity index is 2.90. The molecule has 1 aliphatic rings. The fourth-order valence-corrected chi connectivity index (χ4v) is 1.93. The van der Waals surface area contributed by atoms with Gasteiger partial charge in [-0.05, 0) is 26.2 Å². The van der Waals surface area contributed by atoms with Crippen LogP contribution in [-0.4, -0.2) is 23.0 Å². The van der Waals surface area contributed by atoms with Gasteiger partial charge >= 0.3 is 0 Å². The van der Waals surface area contributed by atoms with Crippen LogP contribution >= 0.6 is 0 Å². The normalized spacial score (nSPS) is 23.6. The Morgan fingerprint density at radius 1 is 1.14 bits per heavy atom. The second-order valence-corrected chi connectivity index (χ2v) is 6.18. The first-order valence-electron chi connectivity index (χ1n) is 5.41. The fourth-order valence-electron chi connectivity index (χ4n) is 1.93. The van der Waals surface area contributed by atoms with Gasteiger partial charge in [0.1, 0.15) is 0 Å². The Bertz CT molecular complexity index is 217. The highest BCUT2D eigenvalue weighted by Crippen LogP contribution is 2.30. The molecule has 1 heterocycles. The number of hydrogen-bond acceptors (Lipinski definition) is 2. The predicted molar refractivity (Wildman–Crippen MR) is 62.0 cm³/mol. The Morgan fingerprint density at radius 3 is 2.07 bits per heavy atom. The lowest BCUT2D eigenvalue weighted by atomic mass is 9.83. The topological polar surface area (TPSA) is 15.3 Å². The average Bonchev–Trinajstić information content (AvgIpc) is 2.01. The minimum atomic E-state index is 0.205. The molecule has 0 fully saturated rings. The van der Waals surface area contributed by atoms with E-state index in [0.717, 1.165) is 6.54 Å². The molecule has 1 N–H and O–H groups in total. The van der Waals surface area contributed by atoms with Crippen molar-refractivity contribution in [2.45, 2.75) is 53.1 Å². The molecule has 0 bridgehead atoms. The molecule has 0 aromatic carbocycles. The van der Waals surface area contributed by atoms with Gasteiger partial charge in [0.2, 0.25) is 0 Å². The van der Waals surface area contributed by atoms with Crippen LogP contribution in [0.2, 0.25) is 0 Å². The van der Waals surface area contributed by atoms with Gasteiger partial charge < -0.3 is 10.2 Å². The van der Waals surface area contributed by atoms with Crippen molar-refractivity contribution < 1.29 is 0 Å². The first-order valence-corrected chi connectivity index (χ1v) is 5.41. The zero-order valence-corrected chi connectivity index (χ0v) is 10.4. The molecular formula is C12H24N2. The fraction of sp³-hybridized carbons (Fsp3) is 0.833. The van der Waals surface area contributed by atoms with Crippen molar-refractivity contribution in [2.75, 3.05) is 6.54 Å². The van der Waals surface area contributed by atoms with Crippen LogP contribution in [0, 0.1) is 5.41 Å². The van der Waals surface area contributed by atoms with E-state index in [0.29, 0.717) is 11.5 Å². The van der Waals surface area contributed by atoms with Crippen LogP contribution in [0.3, 0.4) is 0 Å². The van der Waals surface area contributed by atoms with Crippen LogP contribution in [-0.2, 0) is 0 Å². The Kier molecular flexibility index (Phi) is 2.84. The summed E-state index contributed by atoms with van der Waals surface area (Å²) in [7, 11) is 0. The minimum absolute atomic E-state index is 0.205. The molecule has 1 unspecified atom stereocenters. The van der Waals surface area contributed by atoms with Crippen molar-refractivity contribution >= 4 is 0 Å². The molecule has 0 aromatic heterocycles. The highest BCUT2D eigenvalue weighted by molar-refractivity contribution is 5.02. The second kappa shape index (κ2) is 3.48. The molecule has 2 nitrogen and oxygen atoms in total. The van der Waals surface area contributed by atoms with E-state index in [4.69, 9.17) is 0 Å². The van der Waals surface area contributed by atoms with Crippen LogP contribution in [0.4, 0.5) is 0 Å². The van der Waals surface area contributed by atoms with Crippen molar-refractivity contribution in [3.63, 3.8) is 0 Å². The lowest BCUT2D eigenvalue weighted by Gasteiger charge is -2.48. The molecule has 2 heteroatoms. The van der Waals surface area contributed by atoms with Gasteiger partial charge in [-0.3, -0.25) is 0 Å². The van der Waals surface area contributed by atoms with E-state index in [1.54, 1.807) is 0 Å². The quantitative estimate of drug-likeness (QED) is 0.640. The number of nitrogens with one attached hydrogen (secondary N) is 1. The summed E-state index contributed by atoms with van der Waals surface area (Å²) in [5, 5.41) is 3.32. The van der Waals surface area contributed by atoms with Crippen LogP contribution in [0.1, 0.15) is 41.5 Å². The summed E-state index contributed by atoms with van der Waals surface area (Å²) in [5.41, 5.74) is 0.515. The minimum Gasteiger partial charge on any atom is -0.388 e. The first-order chi connectivity index (χ1) is 6.23. The summed E-state index contributed by atoms with van der Waals surface area (Å²) in [6.07, 6.45) is 4.23. The molecule has 0 aliphatic carbocycles. The van der Waals surface area contributed by atoms with E-state index < -0.39 is 0 Å². The lowest BCUT2D eigenvalue weighted by molar-refractivity contribution is 0.0630. The van der Waals surface area contributed by atoms with Gasteiger partial charge in [0.05, 0.1) is 6.04 Å². The van der Waals surface area contributed by atoms with E-state index in [2.05, 4.69) is 58.0 Å². The molecule has 0 saturated carbocycles. The largest absolute Gasteiger partial charge is 0.388 e. The summed E-state index contributed by atoms with van der Waals surface area (Å²) in [6.45, 7) is 14.7. The SMILES string of the molecule is CC(C)(C)C1CNC=CN1C(C)(C)C. The smallest absolute Gasteiger partial charge is 0.0511 e. The second-order valence-electron chi connectivity index (χ2n) is 6.18. The van der Waals surface area contributed by atoms with Gasteiger partial charge in [0.25, 0.3) is 0 Å². The highest BCUT2D eigenvalue weighted by atomic mass is 15.2. The Hall–Kier alpha value is -0.660. The molecule has 0 aromatic rings. The third-order valence-electron chi connectivity index (χ3n) is 2.77. The third-order valence-corrected chi connectivity index (χ3v) is 2.77. The van der Waals surface area contributed by atoms with Crippen LogP contribution in [0.25, 0.3) is 0 Å². The highest BCUT2D eigenvalue weighted by Gasteiger charge is 2.35. The van der Waals surface area contributed by atoms with Crippen LogP contribution in [0.5, 0.6) is 0 Å². The summed E-state index contributed by atoms with van der Waals surface area (Å²) in [5.74, 6) is 0. The maximum atomic E-state index is 3.32. The molecule has 82 valence electrons. The van der Waals surface area contributed by atoms with E-state index in [1.165, 1.54) is 0 Å². The average molecular weight is 196 g/mol. The summed E-state index contributed by atoms with van der Waals surface area (Å²) in [4.78, 5) is 2.46. The maximum Gasteiger partial charge on any atom is 0.0511 e. The Morgan fingerprint density at radius 2 is 1.71 bits per heavy atom. The Labute approximate surface area is 88.4 Å². The van der Waals surface area contributed by atoms with Crippen molar-refractivity contribution in [1.82, 2.24) is 10.2 Å². The summed E-state index contributed by atoms with van der Waals surface area (Å²) in [6, 6.07) is 0.562. The van der Waals surface area contributed by atoms with Gasteiger partial charge in [0, 0.05) is 24.5 Å². The predicted octanol–water partition coefficient (Wildman–Crippen LogP) is 2.58. The molecule has 14 heavy (non-hydrogen) atoms. The number of hydrogen-bond donors (Lipinski definition) is 1. The first kappa shape index (κ1) is 11.4. The van der Waals surface area contributed by atoms with Crippen molar-refractivity contribution in [2.24, 2.45) is 5.41 Å². The van der Waals surface area contributed by atoms with Gasteiger partial charge in [-0.2, -0.15) is 0 Å².